The van der Waals surface area contributed by atoms with Crippen molar-refractivity contribution < 1.29 is 9.21 Å². The minimum absolute atomic E-state index is 0.246. The van der Waals surface area contributed by atoms with Crippen LogP contribution in [0.3, 0.4) is 0 Å². The van der Waals surface area contributed by atoms with Crippen molar-refractivity contribution >= 4 is 23.2 Å². The van der Waals surface area contributed by atoms with Crippen molar-refractivity contribution in [1.82, 2.24) is 10.3 Å². The first kappa shape index (κ1) is 13.4. The van der Waals surface area contributed by atoms with Crippen LogP contribution in [0.25, 0.3) is 0 Å². The number of nitrogen functional groups attached to an aromatic ring is 1. The first-order valence-corrected chi connectivity index (χ1v) is 6.14. The van der Waals surface area contributed by atoms with Crippen LogP contribution in [0.2, 0.25) is 5.02 Å². The summed E-state index contributed by atoms with van der Waals surface area (Å²) < 4.78 is 5.35. The summed E-state index contributed by atoms with van der Waals surface area (Å²) in [5, 5.41) is 3.00. The first-order chi connectivity index (χ1) is 8.99. The monoisotopic (exact) mass is 279 g/mol. The molecule has 0 aliphatic heterocycles. The molecular formula is C13H14ClN3O2. The molecule has 6 heteroatoms. The zero-order valence-corrected chi connectivity index (χ0v) is 11.4. The number of nitrogens with one attached hydrogen (secondary N) is 1. The summed E-state index contributed by atoms with van der Waals surface area (Å²) in [6, 6.07) is 4.58. The van der Waals surface area contributed by atoms with Gasteiger partial charge in [0.05, 0.1) is 22.5 Å². The number of nitrogens with zero attached hydrogens (tertiary/aromatic N) is 1. The van der Waals surface area contributed by atoms with Gasteiger partial charge in [-0.3, -0.25) is 4.79 Å². The maximum absolute atomic E-state index is 12.1. The van der Waals surface area contributed by atoms with Crippen molar-refractivity contribution in [2.45, 2.75) is 19.9 Å². The maximum atomic E-state index is 12.1. The molecule has 5 nitrogen and oxygen atoms in total. The molecule has 1 amide bonds. The number of hydrogen-bond acceptors (Lipinski definition) is 4. The Bertz CT molecular complexity index is 610. The van der Waals surface area contributed by atoms with Gasteiger partial charge in [0, 0.05) is 0 Å². The Balaban J connectivity index is 2.15. The van der Waals surface area contributed by atoms with E-state index in [4.69, 9.17) is 21.8 Å². The van der Waals surface area contributed by atoms with E-state index < -0.39 is 0 Å². The molecule has 1 aromatic heterocycles. The number of amides is 1. The average Bonchev–Trinajstić information content (AvgIpc) is 2.79. The van der Waals surface area contributed by atoms with Crippen molar-refractivity contribution in [2.75, 3.05) is 5.73 Å². The lowest BCUT2D eigenvalue weighted by Crippen LogP contribution is -2.27. The Morgan fingerprint density at radius 2 is 2.26 bits per heavy atom. The lowest BCUT2D eigenvalue weighted by Gasteiger charge is -2.12. The summed E-state index contributed by atoms with van der Waals surface area (Å²) >= 11 is 6.00. The van der Waals surface area contributed by atoms with E-state index in [1.54, 1.807) is 38.2 Å². The smallest absolute Gasteiger partial charge is 0.253 e. The number of aryl methyl sites for hydroxylation is 1. The van der Waals surface area contributed by atoms with Gasteiger partial charge in [-0.15, -0.1) is 0 Å². The van der Waals surface area contributed by atoms with E-state index in [-0.39, 0.29) is 17.0 Å². The number of rotatable bonds is 3. The number of benzene rings is 1. The normalized spacial score (nSPS) is 12.2. The Kier molecular flexibility index (Phi) is 3.76. The van der Waals surface area contributed by atoms with Gasteiger partial charge in [-0.25, -0.2) is 4.98 Å². The van der Waals surface area contributed by atoms with Crippen molar-refractivity contribution in [3.8, 4) is 0 Å². The van der Waals surface area contributed by atoms with Gasteiger partial charge >= 0.3 is 0 Å². The predicted molar refractivity (Wildman–Crippen MR) is 73.0 cm³/mol. The Morgan fingerprint density at radius 3 is 2.89 bits per heavy atom. The number of hydrogen-bond donors (Lipinski definition) is 2. The van der Waals surface area contributed by atoms with Crippen LogP contribution in [0.5, 0.6) is 0 Å². The number of halogens is 1. The Labute approximate surface area is 115 Å². The third kappa shape index (κ3) is 2.88. The summed E-state index contributed by atoms with van der Waals surface area (Å²) in [7, 11) is 0. The molecule has 3 N–H and O–H groups in total. The highest BCUT2D eigenvalue weighted by Gasteiger charge is 2.18. The van der Waals surface area contributed by atoms with E-state index in [0.717, 1.165) is 0 Å². The number of carbonyl (C=O) groups is 1. The van der Waals surface area contributed by atoms with Crippen molar-refractivity contribution in [3.05, 3.63) is 46.6 Å². The second kappa shape index (κ2) is 5.32. The van der Waals surface area contributed by atoms with Crippen LogP contribution in [0.1, 0.15) is 35.0 Å². The second-order valence-corrected chi connectivity index (χ2v) is 4.59. The van der Waals surface area contributed by atoms with Crippen LogP contribution in [0.15, 0.2) is 28.8 Å². The van der Waals surface area contributed by atoms with E-state index in [0.29, 0.717) is 22.9 Å². The third-order valence-corrected chi connectivity index (χ3v) is 3.05. The van der Waals surface area contributed by atoms with Crippen molar-refractivity contribution in [2.24, 2.45) is 0 Å². The summed E-state index contributed by atoms with van der Waals surface area (Å²) in [4.78, 5) is 16.2. The van der Waals surface area contributed by atoms with E-state index in [1.807, 2.05) is 0 Å². The summed E-state index contributed by atoms with van der Waals surface area (Å²) in [5.74, 6) is 0.824. The van der Waals surface area contributed by atoms with Crippen LogP contribution in [-0.2, 0) is 0 Å². The quantitative estimate of drug-likeness (QED) is 0.847. The molecule has 1 heterocycles. The molecule has 0 bridgehead atoms. The first-order valence-electron chi connectivity index (χ1n) is 5.76. The number of carbonyl (C=O) groups excluding carboxylic acids is 1. The lowest BCUT2D eigenvalue weighted by atomic mass is 10.1. The van der Waals surface area contributed by atoms with E-state index in [1.165, 1.54) is 0 Å². The predicted octanol–water partition coefficient (Wildman–Crippen LogP) is 2.71. The largest absolute Gasteiger partial charge is 0.444 e. The van der Waals surface area contributed by atoms with Gasteiger partial charge in [0.1, 0.15) is 11.8 Å². The van der Waals surface area contributed by atoms with E-state index in [9.17, 15) is 4.79 Å². The Hall–Kier alpha value is -2.01. The van der Waals surface area contributed by atoms with Gasteiger partial charge in [-0.1, -0.05) is 17.7 Å². The highest BCUT2D eigenvalue weighted by Crippen LogP contribution is 2.23. The number of oxazole rings is 1. The molecule has 1 unspecified atom stereocenters. The van der Waals surface area contributed by atoms with Crippen molar-refractivity contribution in [3.63, 3.8) is 0 Å². The molecular weight excluding hydrogens is 266 g/mol. The minimum atomic E-state index is -0.348. The topological polar surface area (TPSA) is 81.2 Å². The molecule has 0 fully saturated rings. The molecule has 1 atom stereocenters. The molecule has 100 valence electrons. The highest BCUT2D eigenvalue weighted by molar-refractivity contribution is 6.36. The number of aromatic nitrogens is 1. The molecule has 0 saturated heterocycles. The maximum Gasteiger partial charge on any atom is 0.253 e. The minimum Gasteiger partial charge on any atom is -0.444 e. The van der Waals surface area contributed by atoms with Gasteiger partial charge in [-0.05, 0) is 26.0 Å². The van der Waals surface area contributed by atoms with Crippen LogP contribution < -0.4 is 11.1 Å². The van der Waals surface area contributed by atoms with E-state index in [2.05, 4.69) is 10.3 Å². The third-order valence-electron chi connectivity index (χ3n) is 2.63. The zero-order valence-electron chi connectivity index (χ0n) is 10.6. The molecule has 2 rings (SSSR count). The lowest BCUT2D eigenvalue weighted by molar-refractivity contribution is 0.0934. The standard InChI is InChI=1S/C13H14ClN3O2/c1-7-6-16-13(19-7)8(2)17-12(18)9-4-3-5-10(15)11(9)14/h3-6,8H,15H2,1-2H3,(H,17,18). The summed E-state index contributed by atoms with van der Waals surface area (Å²) in [6.45, 7) is 3.57. The fourth-order valence-corrected chi connectivity index (χ4v) is 1.85. The fraction of sp³-hybridized carbons (Fsp3) is 0.231. The van der Waals surface area contributed by atoms with Gasteiger partial charge in [-0.2, -0.15) is 0 Å². The van der Waals surface area contributed by atoms with Gasteiger partial charge in [0.25, 0.3) is 5.91 Å². The summed E-state index contributed by atoms with van der Waals surface area (Å²) in [5.41, 5.74) is 6.36. The highest BCUT2D eigenvalue weighted by atomic mass is 35.5. The molecule has 0 aliphatic rings. The van der Waals surface area contributed by atoms with Crippen LogP contribution in [0.4, 0.5) is 5.69 Å². The molecule has 0 radical (unpaired) electrons. The number of anilines is 1. The molecule has 1 aromatic carbocycles. The van der Waals surface area contributed by atoms with Crippen LogP contribution in [-0.4, -0.2) is 10.9 Å². The van der Waals surface area contributed by atoms with Gasteiger partial charge in [0.15, 0.2) is 0 Å². The summed E-state index contributed by atoms with van der Waals surface area (Å²) in [6.07, 6.45) is 1.60. The number of nitrogens with two attached hydrogens (primary N) is 1. The van der Waals surface area contributed by atoms with Crippen LogP contribution >= 0.6 is 11.6 Å². The molecule has 0 aliphatic carbocycles. The fourth-order valence-electron chi connectivity index (χ4n) is 1.63. The van der Waals surface area contributed by atoms with Crippen molar-refractivity contribution in [1.29, 1.82) is 0 Å². The average molecular weight is 280 g/mol. The van der Waals surface area contributed by atoms with Gasteiger partial charge in [0.2, 0.25) is 5.89 Å². The van der Waals surface area contributed by atoms with Crippen LogP contribution in [0, 0.1) is 6.92 Å². The molecule has 0 spiro atoms. The molecule has 19 heavy (non-hydrogen) atoms. The second-order valence-electron chi connectivity index (χ2n) is 4.21. The molecule has 2 aromatic rings. The molecule has 0 saturated carbocycles. The SMILES string of the molecule is Cc1cnc(C(C)NC(=O)c2cccc(N)c2Cl)o1. The zero-order chi connectivity index (χ0) is 14.0. The van der Waals surface area contributed by atoms with E-state index >= 15 is 0 Å². The van der Waals surface area contributed by atoms with Gasteiger partial charge < -0.3 is 15.5 Å². The Morgan fingerprint density at radius 1 is 1.53 bits per heavy atom.